The van der Waals surface area contributed by atoms with Crippen LogP contribution in [0.25, 0.3) is 22.5 Å². The van der Waals surface area contributed by atoms with Gasteiger partial charge in [-0.1, -0.05) is 0 Å². The molecule has 0 aliphatic carbocycles. The number of piperidine rings is 1. The van der Waals surface area contributed by atoms with Gasteiger partial charge in [0.05, 0.1) is 53.7 Å². The number of hydrogen-bond acceptors (Lipinski definition) is 7. The Morgan fingerprint density at radius 1 is 1.00 bits per heavy atom. The summed E-state index contributed by atoms with van der Waals surface area (Å²) in [4.78, 5) is 20.3. The Labute approximate surface area is 217 Å². The van der Waals surface area contributed by atoms with Crippen LogP contribution in [-0.4, -0.2) is 61.6 Å². The number of fused-ring (bicyclic) bond motifs is 1. The van der Waals surface area contributed by atoms with Gasteiger partial charge >= 0.3 is 18.3 Å². The molecule has 4 aromatic rings. The van der Waals surface area contributed by atoms with Gasteiger partial charge in [-0.3, -0.25) is 19.0 Å². The smallest absolute Gasteiger partial charge is 0.415 e. The lowest BCUT2D eigenvalue weighted by molar-refractivity contribution is -0.137. The maximum atomic E-state index is 13.7. The lowest BCUT2D eigenvalue weighted by Gasteiger charge is -2.41. The zero-order chi connectivity index (χ0) is 27.3. The largest absolute Gasteiger partial charge is 0.416 e. The fourth-order valence-electron chi connectivity index (χ4n) is 5.15. The van der Waals surface area contributed by atoms with Gasteiger partial charge < -0.3 is 9.15 Å². The van der Waals surface area contributed by atoms with Crippen LogP contribution < -0.4 is 5.69 Å². The van der Waals surface area contributed by atoms with E-state index in [0.717, 1.165) is 25.2 Å². The van der Waals surface area contributed by atoms with E-state index in [2.05, 4.69) is 20.1 Å². The lowest BCUT2D eigenvalue weighted by Crippen LogP contribution is -2.52. The van der Waals surface area contributed by atoms with Crippen LogP contribution in [0.3, 0.4) is 0 Å². The van der Waals surface area contributed by atoms with Crippen LogP contribution in [-0.2, 0) is 17.5 Å². The number of pyridine rings is 1. The second kappa shape index (κ2) is 9.83. The third kappa shape index (κ3) is 4.82. The minimum Gasteiger partial charge on any atom is -0.415 e. The van der Waals surface area contributed by atoms with E-state index in [1.165, 1.54) is 29.0 Å². The summed E-state index contributed by atoms with van der Waals surface area (Å²) in [5.41, 5.74) is -0.00889. The van der Waals surface area contributed by atoms with Crippen molar-refractivity contribution in [3.8, 4) is 11.5 Å². The Hall–Kier alpha value is -3.65. The van der Waals surface area contributed by atoms with Gasteiger partial charge in [0.25, 0.3) is 5.89 Å². The van der Waals surface area contributed by atoms with Crippen LogP contribution in [0.15, 0.2) is 45.7 Å². The van der Waals surface area contributed by atoms with Gasteiger partial charge in [-0.2, -0.15) is 22.0 Å². The molecule has 0 atom stereocenters. The number of alkyl halides is 5. The first-order chi connectivity index (χ1) is 18.7. The average Bonchev–Trinajstić information content (AvgIpc) is 3.47. The molecule has 0 unspecified atom stereocenters. The van der Waals surface area contributed by atoms with Gasteiger partial charge in [-0.15, -0.1) is 10.2 Å². The van der Waals surface area contributed by atoms with Crippen LogP contribution in [0.5, 0.6) is 0 Å². The normalized spacial score (nSPS) is 17.8. The number of benzene rings is 1. The number of aromatic nitrogens is 5. The first-order valence-electron chi connectivity index (χ1n) is 12.4. The minimum atomic E-state index is -4.57. The molecule has 39 heavy (non-hydrogen) atoms. The third-order valence-corrected chi connectivity index (χ3v) is 7.31. The molecule has 0 saturated carbocycles. The fourth-order valence-corrected chi connectivity index (χ4v) is 5.15. The zero-order valence-corrected chi connectivity index (χ0v) is 20.4. The number of imidazole rings is 1. The minimum absolute atomic E-state index is 0.0890. The molecule has 0 amide bonds. The monoisotopic (exact) mass is 550 g/mol. The lowest BCUT2D eigenvalue weighted by atomic mass is 10.0. The van der Waals surface area contributed by atoms with E-state index in [1.807, 2.05) is 0 Å². The number of halogens is 5. The highest BCUT2D eigenvalue weighted by Crippen LogP contribution is 2.33. The van der Waals surface area contributed by atoms with E-state index < -0.39 is 29.7 Å². The van der Waals surface area contributed by atoms with Crippen LogP contribution in [0, 0.1) is 0 Å². The first-order valence-corrected chi connectivity index (χ1v) is 12.4. The molecule has 206 valence electrons. The molecule has 2 fully saturated rings. The number of hydrogen-bond donors (Lipinski definition) is 0. The van der Waals surface area contributed by atoms with Crippen molar-refractivity contribution >= 4 is 11.0 Å². The van der Waals surface area contributed by atoms with Gasteiger partial charge in [0.2, 0.25) is 5.89 Å². The van der Waals surface area contributed by atoms with Crippen LogP contribution >= 0.6 is 0 Å². The molecule has 6 rings (SSSR count). The van der Waals surface area contributed by atoms with Crippen molar-refractivity contribution in [3.05, 3.63) is 64.2 Å². The molecule has 0 N–H and O–H groups in total. The third-order valence-electron chi connectivity index (χ3n) is 7.31. The number of rotatable bonds is 6. The maximum Gasteiger partial charge on any atom is 0.416 e. The van der Waals surface area contributed by atoms with Crippen LogP contribution in [0.2, 0.25) is 0 Å². The van der Waals surface area contributed by atoms with E-state index in [0.29, 0.717) is 43.3 Å². The molecular weight excluding hydrogens is 527 g/mol. The second-order valence-corrected chi connectivity index (χ2v) is 9.68. The van der Waals surface area contributed by atoms with Crippen molar-refractivity contribution in [3.63, 3.8) is 0 Å². The van der Waals surface area contributed by atoms with Gasteiger partial charge in [-0.25, -0.2) is 4.79 Å². The van der Waals surface area contributed by atoms with Crippen molar-refractivity contribution in [1.82, 2.24) is 29.2 Å². The molecule has 1 aromatic carbocycles. The molecule has 0 bridgehead atoms. The Bertz CT molecular complexity index is 1530. The summed E-state index contributed by atoms with van der Waals surface area (Å²) in [6.07, 6.45) is -4.79. The Morgan fingerprint density at radius 3 is 2.36 bits per heavy atom. The summed E-state index contributed by atoms with van der Waals surface area (Å²) in [6, 6.07) is 6.60. The molecule has 2 saturated heterocycles. The Balaban J connectivity index is 1.32. The van der Waals surface area contributed by atoms with Crippen molar-refractivity contribution < 1.29 is 31.1 Å². The summed E-state index contributed by atoms with van der Waals surface area (Å²) in [5, 5.41) is 6.86. The summed E-state index contributed by atoms with van der Waals surface area (Å²) in [7, 11) is 0. The fraction of sp³-hybridized carbons (Fsp3) is 0.440. The highest BCUT2D eigenvalue weighted by atomic mass is 19.4. The van der Waals surface area contributed by atoms with Crippen molar-refractivity contribution in [2.24, 2.45) is 0 Å². The Morgan fingerprint density at radius 2 is 1.77 bits per heavy atom. The van der Waals surface area contributed by atoms with Gasteiger partial charge in [0.1, 0.15) is 0 Å². The summed E-state index contributed by atoms with van der Waals surface area (Å²) in [5.74, 6) is -0.964. The average molecular weight is 550 g/mol. The standard InChI is InChI=1S/C25H23F5N6O3/c26-21(27)23-33-32-22(39-23)14-1-3-16(31-10-14)11-35-20-9-15(25(28,29)30)2-4-19(20)36(24(35)37)17-5-7-34(8-6-17)18-12-38-13-18/h1-4,9-10,17-18,21H,5-8,11-13H2. The molecule has 2 aliphatic heterocycles. The van der Waals surface area contributed by atoms with E-state index in [-0.39, 0.29) is 29.6 Å². The van der Waals surface area contributed by atoms with E-state index >= 15 is 0 Å². The molecule has 5 heterocycles. The van der Waals surface area contributed by atoms with E-state index in [1.54, 1.807) is 4.57 Å². The summed E-state index contributed by atoms with van der Waals surface area (Å²) >= 11 is 0. The van der Waals surface area contributed by atoms with E-state index in [4.69, 9.17) is 9.15 Å². The molecule has 3 aromatic heterocycles. The number of ether oxygens (including phenoxy) is 1. The van der Waals surface area contributed by atoms with Crippen LogP contribution in [0.4, 0.5) is 22.0 Å². The van der Waals surface area contributed by atoms with Crippen molar-refractivity contribution in [2.75, 3.05) is 26.3 Å². The van der Waals surface area contributed by atoms with Gasteiger partial charge in [-0.05, 0) is 43.2 Å². The van der Waals surface area contributed by atoms with Crippen molar-refractivity contribution in [2.45, 2.75) is 44.1 Å². The number of nitrogens with zero attached hydrogens (tertiary/aromatic N) is 6. The molecule has 2 aliphatic rings. The van der Waals surface area contributed by atoms with Gasteiger partial charge in [0, 0.05) is 25.3 Å². The first kappa shape index (κ1) is 25.6. The SMILES string of the molecule is O=c1n(Cc2ccc(-c3nnc(C(F)F)o3)cn2)c2cc(C(F)(F)F)ccc2n1C1CCN(C2COC2)CC1. The second-order valence-electron chi connectivity index (χ2n) is 9.68. The van der Waals surface area contributed by atoms with Crippen LogP contribution in [0.1, 0.15) is 42.5 Å². The molecular formula is C25H23F5N6O3. The van der Waals surface area contributed by atoms with Crippen molar-refractivity contribution in [1.29, 1.82) is 0 Å². The zero-order valence-electron chi connectivity index (χ0n) is 20.4. The molecule has 9 nitrogen and oxygen atoms in total. The molecule has 14 heteroatoms. The molecule has 0 spiro atoms. The Kier molecular flexibility index (Phi) is 6.46. The molecule has 0 radical (unpaired) electrons. The predicted molar refractivity (Wildman–Crippen MR) is 127 cm³/mol. The highest BCUT2D eigenvalue weighted by Gasteiger charge is 2.34. The summed E-state index contributed by atoms with van der Waals surface area (Å²) in [6.45, 7) is 2.83. The van der Waals surface area contributed by atoms with E-state index in [9.17, 15) is 26.7 Å². The summed E-state index contributed by atoms with van der Waals surface area (Å²) < 4.78 is 79.3. The quantitative estimate of drug-likeness (QED) is 0.331. The topological polar surface area (TPSA) is 91.2 Å². The maximum absolute atomic E-state index is 13.7. The highest BCUT2D eigenvalue weighted by molar-refractivity contribution is 5.77. The number of likely N-dealkylation sites (tertiary alicyclic amines) is 1. The van der Waals surface area contributed by atoms with Gasteiger partial charge in [0.15, 0.2) is 0 Å². The predicted octanol–water partition coefficient (Wildman–Crippen LogP) is 4.29.